The quantitative estimate of drug-likeness (QED) is 0.177. The molecule has 1 saturated heterocycles. The van der Waals surface area contributed by atoms with Gasteiger partial charge in [0.05, 0.1) is 27.4 Å². The van der Waals surface area contributed by atoms with Gasteiger partial charge in [-0.05, 0) is 73.5 Å². The molecule has 9 atom stereocenters. The van der Waals surface area contributed by atoms with Gasteiger partial charge in [0.2, 0.25) is 5.60 Å². The Morgan fingerprint density at radius 1 is 1.02 bits per heavy atom. The van der Waals surface area contributed by atoms with Gasteiger partial charge in [-0.15, -0.1) is 0 Å². The number of carbonyl (C=O) groups excluding carboxylic acids is 3. The standard InChI is InChI=1S/C45H53BrN4O8/c1-8-26-17-27-21-44(40(52)56-6,36-30(24-49(22-26)23-27)29-18-28(46)11-12-33(29)47-36)32-19-31-34(20-35(32)55-5)48(4)38-43(31)14-16-50-15-10-13-42(9-2,37(43)50)39(58-25(3)51)45(38,54)41(53)57-7/h10-13,17-20,27,37-39,47,54H,8-9,14-16,21-24H2,1-7H3/t27-,37-,38+,39+,42+,43+,44-,45-/m0/s1. The minimum Gasteiger partial charge on any atom is -0.496 e. The van der Waals surface area contributed by atoms with Gasteiger partial charge in [0.15, 0.2) is 6.10 Å². The zero-order valence-electron chi connectivity index (χ0n) is 34.3. The van der Waals surface area contributed by atoms with Crippen LogP contribution in [-0.4, -0.2) is 116 Å². The number of aromatic amines is 1. The van der Waals surface area contributed by atoms with Crippen LogP contribution in [0.2, 0.25) is 0 Å². The highest BCUT2D eigenvalue weighted by Crippen LogP contribution is 2.68. The van der Waals surface area contributed by atoms with Crippen LogP contribution in [-0.2, 0) is 46.0 Å². The molecule has 2 bridgehead atoms. The first-order chi connectivity index (χ1) is 27.8. The number of hydrogen-bond acceptors (Lipinski definition) is 11. The van der Waals surface area contributed by atoms with Gasteiger partial charge in [-0.2, -0.15) is 0 Å². The van der Waals surface area contributed by atoms with Crippen molar-refractivity contribution in [2.75, 3.05) is 59.5 Å². The van der Waals surface area contributed by atoms with Crippen molar-refractivity contribution in [3.63, 3.8) is 0 Å². The van der Waals surface area contributed by atoms with Crippen molar-refractivity contribution in [1.82, 2.24) is 14.8 Å². The van der Waals surface area contributed by atoms with E-state index in [4.69, 9.17) is 18.9 Å². The zero-order valence-corrected chi connectivity index (χ0v) is 35.9. The van der Waals surface area contributed by atoms with Crippen molar-refractivity contribution in [3.05, 3.63) is 81.0 Å². The Labute approximate surface area is 347 Å². The number of esters is 3. The van der Waals surface area contributed by atoms with E-state index in [2.05, 4.69) is 68.0 Å². The molecule has 308 valence electrons. The van der Waals surface area contributed by atoms with Crippen LogP contribution in [0.1, 0.15) is 68.8 Å². The van der Waals surface area contributed by atoms with Gasteiger partial charge in [0, 0.05) is 95.4 Å². The molecule has 2 aromatic carbocycles. The summed E-state index contributed by atoms with van der Waals surface area (Å²) >= 11 is 3.72. The Hall–Kier alpha value is -4.17. The normalized spacial score (nSPS) is 34.5. The van der Waals surface area contributed by atoms with Crippen LogP contribution in [0.4, 0.5) is 5.69 Å². The molecule has 2 fully saturated rings. The molecule has 9 rings (SSSR count). The summed E-state index contributed by atoms with van der Waals surface area (Å²) in [4.78, 5) is 53.2. The molecule has 58 heavy (non-hydrogen) atoms. The zero-order chi connectivity index (χ0) is 41.1. The van der Waals surface area contributed by atoms with Gasteiger partial charge in [-0.3, -0.25) is 19.4 Å². The van der Waals surface area contributed by atoms with E-state index < -0.39 is 51.9 Å². The van der Waals surface area contributed by atoms with Crippen LogP contribution in [0.5, 0.6) is 5.75 Å². The number of rotatable bonds is 7. The predicted molar refractivity (Wildman–Crippen MR) is 222 cm³/mol. The van der Waals surface area contributed by atoms with Gasteiger partial charge < -0.3 is 33.9 Å². The summed E-state index contributed by atoms with van der Waals surface area (Å²) in [5, 5.41) is 14.3. The molecule has 6 aliphatic rings. The molecule has 12 nitrogen and oxygen atoms in total. The van der Waals surface area contributed by atoms with E-state index in [-0.39, 0.29) is 12.0 Å². The number of benzene rings is 2. The SMILES string of the molecule is CCC1=C[C@@H]2CN(C1)Cc1c([nH]c3ccc(Br)cc13)[C@@](C(=O)OC)(c1cc3c(cc1OC)N(C)[C@H]1[C@@](O)(C(=O)OC)[C@H](OC(C)=O)[C@]4(CC)C=CCN5CC[C@]31[C@@H]54)C2. The van der Waals surface area contributed by atoms with Crippen molar-refractivity contribution >= 4 is 50.4 Å². The van der Waals surface area contributed by atoms with E-state index >= 15 is 4.79 Å². The molecule has 0 radical (unpaired) electrons. The highest BCUT2D eigenvalue weighted by Gasteiger charge is 2.80. The summed E-state index contributed by atoms with van der Waals surface area (Å²) in [7, 11) is 6.21. The van der Waals surface area contributed by atoms with E-state index in [9.17, 15) is 14.7 Å². The largest absolute Gasteiger partial charge is 0.496 e. The summed E-state index contributed by atoms with van der Waals surface area (Å²) in [6, 6.07) is 9.08. The van der Waals surface area contributed by atoms with Crippen LogP contribution < -0.4 is 9.64 Å². The maximum absolute atomic E-state index is 15.2. The number of H-pyrrole nitrogens is 1. The third kappa shape index (κ3) is 4.99. The molecule has 5 aliphatic heterocycles. The molecule has 1 saturated carbocycles. The molecule has 1 unspecified atom stereocenters. The Kier molecular flexibility index (Phi) is 9.27. The second-order valence-electron chi connectivity index (χ2n) is 17.3. The topological polar surface area (TPSA) is 134 Å². The molecule has 13 heteroatoms. The summed E-state index contributed by atoms with van der Waals surface area (Å²) in [6.45, 7) is 9.13. The van der Waals surface area contributed by atoms with Crippen molar-refractivity contribution in [2.45, 2.75) is 87.6 Å². The first-order valence-corrected chi connectivity index (χ1v) is 21.2. The molecular weight excluding hydrogens is 804 g/mol. The lowest BCUT2D eigenvalue weighted by Crippen LogP contribution is -2.81. The number of aromatic nitrogens is 1. The van der Waals surface area contributed by atoms with E-state index in [1.807, 2.05) is 37.1 Å². The summed E-state index contributed by atoms with van der Waals surface area (Å²) in [5.74, 6) is -1.35. The second kappa shape index (κ2) is 13.7. The summed E-state index contributed by atoms with van der Waals surface area (Å²) in [6.07, 6.45) is 7.63. The van der Waals surface area contributed by atoms with Crippen molar-refractivity contribution in [2.24, 2.45) is 11.3 Å². The van der Waals surface area contributed by atoms with Crippen LogP contribution in [0, 0.1) is 11.3 Å². The number of anilines is 1. The van der Waals surface area contributed by atoms with Gasteiger partial charge in [-0.1, -0.05) is 53.6 Å². The molecule has 1 spiro atoms. The van der Waals surface area contributed by atoms with Gasteiger partial charge in [0.1, 0.15) is 11.2 Å². The minimum absolute atomic E-state index is 0.0161. The maximum Gasteiger partial charge on any atom is 0.344 e. The average molecular weight is 858 g/mol. The fraction of sp³-hybridized carbons (Fsp3) is 0.533. The van der Waals surface area contributed by atoms with E-state index in [1.54, 1.807) is 7.11 Å². The Morgan fingerprint density at radius 2 is 1.79 bits per heavy atom. The van der Waals surface area contributed by atoms with E-state index in [1.165, 1.54) is 26.7 Å². The number of fused-ring (bicyclic) bond motifs is 6. The molecule has 6 heterocycles. The fourth-order valence-electron chi connectivity index (χ4n) is 12.9. The number of nitrogens with zero attached hydrogens (tertiary/aromatic N) is 3. The summed E-state index contributed by atoms with van der Waals surface area (Å²) < 4.78 is 24.9. The second-order valence-corrected chi connectivity index (χ2v) is 18.2. The number of likely N-dealkylation sites (N-methyl/N-ethyl adjacent to an activating group) is 1. The first-order valence-electron chi connectivity index (χ1n) is 20.4. The molecule has 2 N–H and O–H groups in total. The number of nitrogens with one attached hydrogen (secondary N) is 1. The van der Waals surface area contributed by atoms with Crippen molar-refractivity contribution in [3.8, 4) is 5.75 Å². The first kappa shape index (κ1) is 39.3. The number of methoxy groups -OCH3 is 3. The fourth-order valence-corrected chi connectivity index (χ4v) is 13.2. The maximum atomic E-state index is 15.2. The highest BCUT2D eigenvalue weighted by molar-refractivity contribution is 9.10. The van der Waals surface area contributed by atoms with E-state index in [0.717, 1.165) is 57.4 Å². The molecular formula is C45H53BrN4O8. The molecule has 0 amide bonds. The lowest BCUT2D eigenvalue weighted by atomic mass is 9.47. The smallest absolute Gasteiger partial charge is 0.344 e. The van der Waals surface area contributed by atoms with Gasteiger partial charge >= 0.3 is 17.9 Å². The third-order valence-electron chi connectivity index (χ3n) is 14.8. The van der Waals surface area contributed by atoms with Crippen molar-refractivity contribution < 1.29 is 38.4 Å². The monoisotopic (exact) mass is 856 g/mol. The van der Waals surface area contributed by atoms with Gasteiger partial charge in [-0.25, -0.2) is 4.79 Å². The summed E-state index contributed by atoms with van der Waals surface area (Å²) in [5.41, 5.74) is 0.912. The molecule has 1 aromatic heterocycles. The number of aliphatic hydroxyl groups is 1. The Bertz CT molecular complexity index is 2310. The predicted octanol–water partition coefficient (Wildman–Crippen LogP) is 5.52. The number of halogens is 1. The van der Waals surface area contributed by atoms with E-state index in [0.29, 0.717) is 50.2 Å². The minimum atomic E-state index is -2.28. The Balaban J connectivity index is 1.37. The number of hydrogen-bond donors (Lipinski definition) is 2. The van der Waals surface area contributed by atoms with Gasteiger partial charge in [0.25, 0.3) is 0 Å². The van der Waals surface area contributed by atoms with Crippen LogP contribution in [0.15, 0.2) is 58.6 Å². The van der Waals surface area contributed by atoms with Crippen LogP contribution in [0.3, 0.4) is 0 Å². The van der Waals surface area contributed by atoms with Crippen LogP contribution in [0.25, 0.3) is 10.9 Å². The number of carbonyl (C=O) groups is 3. The third-order valence-corrected chi connectivity index (χ3v) is 15.3. The molecule has 1 aliphatic carbocycles. The lowest BCUT2D eigenvalue weighted by molar-refractivity contribution is -0.228. The Morgan fingerprint density at radius 3 is 2.48 bits per heavy atom. The average Bonchev–Trinajstić information content (AvgIpc) is 3.86. The number of ether oxygens (including phenoxy) is 4. The van der Waals surface area contributed by atoms with Crippen molar-refractivity contribution in [1.29, 1.82) is 0 Å². The highest BCUT2D eigenvalue weighted by atomic mass is 79.9. The molecule has 3 aromatic rings. The van der Waals surface area contributed by atoms with Crippen LogP contribution >= 0.6 is 15.9 Å². The lowest BCUT2D eigenvalue weighted by Gasteiger charge is -2.63.